The Labute approximate surface area is 109 Å². The van der Waals surface area contributed by atoms with E-state index in [-0.39, 0.29) is 17.9 Å². The number of aliphatic carboxylic acids is 1. The van der Waals surface area contributed by atoms with Gasteiger partial charge in [-0.05, 0) is 32.1 Å². The number of carboxylic acid groups (broad SMARTS) is 1. The smallest absolute Gasteiger partial charge is 0.317 e. The molecule has 0 heterocycles. The lowest BCUT2D eigenvalue weighted by atomic mass is 9.96. The van der Waals surface area contributed by atoms with Crippen molar-refractivity contribution in [2.75, 3.05) is 19.6 Å². The van der Waals surface area contributed by atoms with Gasteiger partial charge in [-0.1, -0.05) is 13.3 Å². The third kappa shape index (κ3) is 3.89. The average Bonchev–Trinajstić information content (AvgIpc) is 2.81. The van der Waals surface area contributed by atoms with Gasteiger partial charge >= 0.3 is 12.0 Å². The quantitative estimate of drug-likeness (QED) is 0.763. The first-order valence-electron chi connectivity index (χ1n) is 6.85. The van der Waals surface area contributed by atoms with Gasteiger partial charge < -0.3 is 15.3 Å². The number of rotatable bonds is 6. The number of carbonyl (C=O) groups is 2. The summed E-state index contributed by atoms with van der Waals surface area (Å²) in [5.74, 6) is -0.925. The van der Waals surface area contributed by atoms with E-state index < -0.39 is 5.97 Å². The van der Waals surface area contributed by atoms with Crippen molar-refractivity contribution in [1.29, 1.82) is 0 Å². The predicted molar refractivity (Wildman–Crippen MR) is 69.4 cm³/mol. The summed E-state index contributed by atoms with van der Waals surface area (Å²) in [6.45, 7) is 5.90. The molecule has 0 radical (unpaired) electrons. The van der Waals surface area contributed by atoms with Gasteiger partial charge in [0.1, 0.15) is 0 Å². The van der Waals surface area contributed by atoms with Crippen molar-refractivity contribution in [3.8, 4) is 0 Å². The largest absolute Gasteiger partial charge is 0.481 e. The van der Waals surface area contributed by atoms with Gasteiger partial charge in [-0.3, -0.25) is 4.79 Å². The maximum Gasteiger partial charge on any atom is 0.317 e. The van der Waals surface area contributed by atoms with Gasteiger partial charge in [0.25, 0.3) is 0 Å². The molecule has 0 aromatic carbocycles. The van der Waals surface area contributed by atoms with E-state index in [1.165, 1.54) is 0 Å². The third-order valence-corrected chi connectivity index (χ3v) is 3.65. The van der Waals surface area contributed by atoms with Gasteiger partial charge in [-0.2, -0.15) is 0 Å². The molecule has 0 aromatic rings. The van der Waals surface area contributed by atoms with E-state index in [2.05, 4.69) is 5.32 Å². The third-order valence-electron chi connectivity index (χ3n) is 3.65. The number of carbonyl (C=O) groups excluding carboxylic acids is 1. The van der Waals surface area contributed by atoms with Crippen LogP contribution in [0.1, 0.15) is 39.5 Å². The van der Waals surface area contributed by atoms with Gasteiger partial charge in [0.05, 0.1) is 5.92 Å². The zero-order valence-electron chi connectivity index (χ0n) is 11.3. The molecule has 2 atom stereocenters. The molecule has 0 saturated heterocycles. The molecule has 0 aliphatic heterocycles. The minimum atomic E-state index is -0.729. The van der Waals surface area contributed by atoms with Crippen molar-refractivity contribution >= 4 is 12.0 Å². The van der Waals surface area contributed by atoms with Crippen molar-refractivity contribution in [2.45, 2.75) is 39.5 Å². The molecule has 2 N–H and O–H groups in total. The molecule has 0 aromatic heterocycles. The SMILES string of the molecule is CCCN(CC)C(=O)NCC1CCCC1C(=O)O. The van der Waals surface area contributed by atoms with E-state index in [0.717, 1.165) is 32.2 Å². The van der Waals surface area contributed by atoms with Crippen LogP contribution in [0, 0.1) is 11.8 Å². The Morgan fingerprint density at radius 3 is 2.61 bits per heavy atom. The number of urea groups is 1. The molecule has 2 amide bonds. The van der Waals surface area contributed by atoms with E-state index in [9.17, 15) is 9.59 Å². The lowest BCUT2D eigenvalue weighted by Gasteiger charge is -2.23. The molecule has 1 fully saturated rings. The molecule has 1 aliphatic rings. The highest BCUT2D eigenvalue weighted by Crippen LogP contribution is 2.31. The average molecular weight is 256 g/mol. The molecule has 104 valence electrons. The zero-order valence-corrected chi connectivity index (χ0v) is 11.3. The summed E-state index contributed by atoms with van der Waals surface area (Å²) in [4.78, 5) is 24.6. The maximum atomic E-state index is 11.9. The predicted octanol–water partition coefficient (Wildman–Crippen LogP) is 1.93. The molecule has 5 heteroatoms. The summed E-state index contributed by atoms with van der Waals surface area (Å²) in [7, 11) is 0. The molecule has 0 spiro atoms. The van der Waals surface area contributed by atoms with E-state index >= 15 is 0 Å². The normalized spacial score (nSPS) is 22.8. The summed E-state index contributed by atoms with van der Waals surface area (Å²) < 4.78 is 0. The first-order valence-corrected chi connectivity index (χ1v) is 6.85. The summed E-state index contributed by atoms with van der Waals surface area (Å²) in [6, 6.07) is -0.0737. The van der Waals surface area contributed by atoms with Crippen LogP contribution < -0.4 is 5.32 Å². The van der Waals surface area contributed by atoms with Crippen LogP contribution in [0.25, 0.3) is 0 Å². The summed E-state index contributed by atoms with van der Waals surface area (Å²) in [6.07, 6.45) is 3.52. The number of nitrogens with zero attached hydrogens (tertiary/aromatic N) is 1. The topological polar surface area (TPSA) is 69.6 Å². The highest BCUT2D eigenvalue weighted by Gasteiger charge is 2.33. The summed E-state index contributed by atoms with van der Waals surface area (Å²) >= 11 is 0. The van der Waals surface area contributed by atoms with Crippen molar-refractivity contribution < 1.29 is 14.7 Å². The number of hydrogen-bond acceptors (Lipinski definition) is 2. The fourth-order valence-electron chi connectivity index (χ4n) is 2.61. The lowest BCUT2D eigenvalue weighted by molar-refractivity contribution is -0.142. The fourth-order valence-corrected chi connectivity index (χ4v) is 2.61. The van der Waals surface area contributed by atoms with Crippen molar-refractivity contribution in [3.63, 3.8) is 0 Å². The number of nitrogens with one attached hydrogen (secondary N) is 1. The molecule has 1 aliphatic carbocycles. The number of amides is 2. The first kappa shape index (κ1) is 14.8. The molecule has 2 unspecified atom stereocenters. The second-order valence-electron chi connectivity index (χ2n) is 4.90. The Bertz CT molecular complexity index is 294. The molecule has 18 heavy (non-hydrogen) atoms. The van der Waals surface area contributed by atoms with Crippen LogP contribution in [0.5, 0.6) is 0 Å². The van der Waals surface area contributed by atoms with Gasteiger partial charge in [-0.25, -0.2) is 4.79 Å². The van der Waals surface area contributed by atoms with Gasteiger partial charge in [0.2, 0.25) is 0 Å². The number of hydrogen-bond donors (Lipinski definition) is 2. The number of carboxylic acids is 1. The van der Waals surface area contributed by atoms with Crippen LogP contribution in [0.15, 0.2) is 0 Å². The molecular weight excluding hydrogens is 232 g/mol. The highest BCUT2D eigenvalue weighted by molar-refractivity contribution is 5.74. The van der Waals surface area contributed by atoms with Crippen LogP contribution in [-0.2, 0) is 4.79 Å². The lowest BCUT2D eigenvalue weighted by Crippen LogP contribution is -2.43. The van der Waals surface area contributed by atoms with E-state index in [1.807, 2.05) is 13.8 Å². The van der Waals surface area contributed by atoms with Gasteiger partial charge in [0.15, 0.2) is 0 Å². The fraction of sp³-hybridized carbons (Fsp3) is 0.846. The van der Waals surface area contributed by atoms with Crippen LogP contribution in [0.3, 0.4) is 0 Å². The van der Waals surface area contributed by atoms with Gasteiger partial charge in [-0.15, -0.1) is 0 Å². The van der Waals surface area contributed by atoms with Crippen molar-refractivity contribution in [1.82, 2.24) is 10.2 Å². The van der Waals surface area contributed by atoms with Gasteiger partial charge in [0, 0.05) is 19.6 Å². The second-order valence-corrected chi connectivity index (χ2v) is 4.90. The van der Waals surface area contributed by atoms with E-state index in [1.54, 1.807) is 4.90 Å². The van der Waals surface area contributed by atoms with E-state index in [4.69, 9.17) is 5.11 Å². The monoisotopic (exact) mass is 256 g/mol. The van der Waals surface area contributed by atoms with Crippen LogP contribution >= 0.6 is 0 Å². The highest BCUT2D eigenvalue weighted by atomic mass is 16.4. The Morgan fingerprint density at radius 1 is 1.33 bits per heavy atom. The Kier molecular flexibility index (Phi) is 5.95. The maximum absolute atomic E-state index is 11.9. The molecule has 0 bridgehead atoms. The summed E-state index contributed by atoms with van der Waals surface area (Å²) in [5.41, 5.74) is 0. The van der Waals surface area contributed by atoms with Crippen LogP contribution in [-0.4, -0.2) is 41.6 Å². The second kappa shape index (κ2) is 7.24. The zero-order chi connectivity index (χ0) is 13.5. The first-order chi connectivity index (χ1) is 8.60. The molecule has 1 rings (SSSR count). The Hall–Kier alpha value is -1.26. The van der Waals surface area contributed by atoms with E-state index in [0.29, 0.717) is 13.1 Å². The van der Waals surface area contributed by atoms with Crippen molar-refractivity contribution in [2.24, 2.45) is 11.8 Å². The van der Waals surface area contributed by atoms with Crippen LogP contribution in [0.2, 0.25) is 0 Å². The Balaban J connectivity index is 2.39. The minimum Gasteiger partial charge on any atom is -0.481 e. The molecule has 5 nitrogen and oxygen atoms in total. The molecular formula is C13H24N2O3. The minimum absolute atomic E-state index is 0.0737. The van der Waals surface area contributed by atoms with Crippen molar-refractivity contribution in [3.05, 3.63) is 0 Å². The Morgan fingerprint density at radius 2 is 2.06 bits per heavy atom. The van der Waals surface area contributed by atoms with Crippen LogP contribution in [0.4, 0.5) is 4.79 Å². The molecule has 1 saturated carbocycles. The standard InChI is InChI=1S/C13H24N2O3/c1-3-8-15(4-2)13(18)14-9-10-6-5-7-11(10)12(16)17/h10-11H,3-9H2,1-2H3,(H,14,18)(H,16,17). The summed E-state index contributed by atoms with van der Waals surface area (Å²) in [5, 5.41) is 11.9.